The van der Waals surface area contributed by atoms with Gasteiger partial charge < -0.3 is 4.90 Å². The molecule has 12 aromatic carbocycles. The summed E-state index contributed by atoms with van der Waals surface area (Å²) in [5.41, 5.74) is 14.2. The van der Waals surface area contributed by atoms with E-state index in [4.69, 9.17) is 0 Å². The fraction of sp³-hybridized carbons (Fsp3) is 0.0938. The smallest absolute Gasteiger partial charge is 0.0468 e. The van der Waals surface area contributed by atoms with Gasteiger partial charge in [-0.25, -0.2) is 0 Å². The molecule has 0 saturated heterocycles. The first-order chi connectivity index (χ1) is 31.7. The SMILES string of the molecule is CC1(C)c2cc3ccccc3cc2-c2cc3ccc(N(c4ccc5c6c(ccc5c4)-c4ccc5ccccc5c4C6(C)C)c4ccc5c6ccccc6c6ccccc6c5c4)cc3cc21. The van der Waals surface area contributed by atoms with E-state index in [1.54, 1.807) is 0 Å². The molecule has 0 bridgehead atoms. The quantitative estimate of drug-likeness (QED) is 0.160. The van der Waals surface area contributed by atoms with Crippen molar-refractivity contribution in [2.45, 2.75) is 38.5 Å². The topological polar surface area (TPSA) is 3.24 Å². The molecule has 0 atom stereocenters. The van der Waals surface area contributed by atoms with Gasteiger partial charge in [0.25, 0.3) is 0 Å². The van der Waals surface area contributed by atoms with Crippen LogP contribution < -0.4 is 4.90 Å². The third kappa shape index (κ3) is 5.04. The van der Waals surface area contributed by atoms with Gasteiger partial charge in [0.1, 0.15) is 0 Å². The van der Waals surface area contributed by atoms with Crippen molar-refractivity contribution in [1.82, 2.24) is 0 Å². The lowest BCUT2D eigenvalue weighted by molar-refractivity contribution is 0.662. The van der Waals surface area contributed by atoms with Crippen LogP contribution in [0.15, 0.2) is 200 Å². The molecule has 0 spiro atoms. The monoisotopic (exact) mass is 827 g/mol. The molecule has 0 N–H and O–H groups in total. The van der Waals surface area contributed by atoms with Gasteiger partial charge in [-0.2, -0.15) is 0 Å². The van der Waals surface area contributed by atoms with E-state index in [2.05, 4.69) is 233 Å². The number of benzene rings is 12. The van der Waals surface area contributed by atoms with Gasteiger partial charge in [-0.15, -0.1) is 0 Å². The molecule has 0 heterocycles. The molecule has 306 valence electrons. The maximum atomic E-state index is 2.49. The highest BCUT2D eigenvalue weighted by molar-refractivity contribution is 6.26. The van der Waals surface area contributed by atoms with Crippen LogP contribution in [0.4, 0.5) is 17.1 Å². The summed E-state index contributed by atoms with van der Waals surface area (Å²) in [5, 5.41) is 18.0. The summed E-state index contributed by atoms with van der Waals surface area (Å²) in [7, 11) is 0. The maximum absolute atomic E-state index is 2.49. The van der Waals surface area contributed by atoms with E-state index in [1.165, 1.54) is 120 Å². The molecule has 1 nitrogen and oxygen atoms in total. The molecule has 2 aliphatic carbocycles. The standard InChI is InChI=1S/C64H45N/c1-63(2)59-35-40-15-6-5-14-39(40)33-57(59)58-34-41-21-24-44(32-43(41)36-60(58)63)65(46-26-30-53-51-19-10-9-17-49(51)50-18-11-12-20-52(50)56(53)37-46)45-25-29-48-42(31-45)23-28-55-54-27-22-38-13-7-8-16-47(38)61(54)64(3,4)62(48)55/h5-37H,1-4H3. The molecular formula is C64H45N. The van der Waals surface area contributed by atoms with Crippen molar-refractivity contribution in [3.8, 4) is 22.3 Å². The number of nitrogens with zero attached hydrogens (tertiary/aromatic N) is 1. The van der Waals surface area contributed by atoms with Crippen molar-refractivity contribution in [1.29, 1.82) is 0 Å². The predicted molar refractivity (Wildman–Crippen MR) is 279 cm³/mol. The summed E-state index contributed by atoms with van der Waals surface area (Å²) in [6, 6.07) is 75.9. The maximum Gasteiger partial charge on any atom is 0.0468 e. The van der Waals surface area contributed by atoms with E-state index in [0.717, 1.165) is 17.1 Å². The Morgan fingerprint density at radius 2 is 0.662 bits per heavy atom. The highest BCUT2D eigenvalue weighted by atomic mass is 15.1. The van der Waals surface area contributed by atoms with Crippen molar-refractivity contribution in [2.75, 3.05) is 4.90 Å². The molecule has 0 radical (unpaired) electrons. The molecule has 65 heavy (non-hydrogen) atoms. The van der Waals surface area contributed by atoms with Crippen LogP contribution >= 0.6 is 0 Å². The van der Waals surface area contributed by atoms with Gasteiger partial charge in [0.2, 0.25) is 0 Å². The van der Waals surface area contributed by atoms with Gasteiger partial charge in [-0.05, 0) is 181 Å². The molecule has 0 saturated carbocycles. The van der Waals surface area contributed by atoms with Crippen LogP contribution in [0.5, 0.6) is 0 Å². The van der Waals surface area contributed by atoms with Gasteiger partial charge in [-0.3, -0.25) is 0 Å². The number of hydrogen-bond donors (Lipinski definition) is 0. The predicted octanol–water partition coefficient (Wildman–Crippen LogP) is 17.8. The Hall–Kier alpha value is -7.74. The first-order valence-electron chi connectivity index (χ1n) is 23.1. The highest BCUT2D eigenvalue weighted by Crippen LogP contribution is 2.55. The largest absolute Gasteiger partial charge is 0.310 e. The average molecular weight is 828 g/mol. The third-order valence-electron chi connectivity index (χ3n) is 15.5. The van der Waals surface area contributed by atoms with E-state index in [0.29, 0.717) is 0 Å². The summed E-state index contributed by atoms with van der Waals surface area (Å²) in [6.45, 7) is 9.62. The minimum absolute atomic E-state index is 0.126. The fourth-order valence-corrected chi connectivity index (χ4v) is 12.4. The molecule has 0 unspecified atom stereocenters. The average Bonchev–Trinajstić information content (AvgIpc) is 3.71. The summed E-state index contributed by atoms with van der Waals surface area (Å²) in [6.07, 6.45) is 0. The molecule has 1 heteroatoms. The number of fused-ring (bicyclic) bond motifs is 18. The molecule has 0 aromatic heterocycles. The Morgan fingerprint density at radius 3 is 1.29 bits per heavy atom. The fourth-order valence-electron chi connectivity index (χ4n) is 12.4. The van der Waals surface area contributed by atoms with Gasteiger partial charge in [0, 0.05) is 27.9 Å². The van der Waals surface area contributed by atoms with E-state index >= 15 is 0 Å². The number of anilines is 3. The molecular weight excluding hydrogens is 783 g/mol. The Morgan fingerprint density at radius 1 is 0.262 bits per heavy atom. The Bertz CT molecular complexity index is 4040. The van der Waals surface area contributed by atoms with Crippen molar-refractivity contribution in [3.05, 3.63) is 222 Å². The van der Waals surface area contributed by atoms with E-state index in [1.807, 2.05) is 0 Å². The first kappa shape index (κ1) is 36.7. The van der Waals surface area contributed by atoms with Crippen LogP contribution in [-0.4, -0.2) is 0 Å². The lowest BCUT2D eigenvalue weighted by Crippen LogP contribution is -2.16. The van der Waals surface area contributed by atoms with Crippen molar-refractivity contribution < 1.29 is 0 Å². The van der Waals surface area contributed by atoms with Gasteiger partial charge in [0.05, 0.1) is 0 Å². The lowest BCUT2D eigenvalue weighted by atomic mass is 9.78. The molecule has 0 amide bonds. The van der Waals surface area contributed by atoms with Gasteiger partial charge in [-0.1, -0.05) is 167 Å². The van der Waals surface area contributed by atoms with Crippen LogP contribution in [0.3, 0.4) is 0 Å². The minimum Gasteiger partial charge on any atom is -0.310 e. The molecule has 0 fully saturated rings. The molecule has 14 rings (SSSR count). The van der Waals surface area contributed by atoms with E-state index in [9.17, 15) is 0 Å². The van der Waals surface area contributed by atoms with Crippen molar-refractivity contribution in [3.63, 3.8) is 0 Å². The molecule has 0 aliphatic heterocycles. The van der Waals surface area contributed by atoms with Gasteiger partial charge in [0.15, 0.2) is 0 Å². The van der Waals surface area contributed by atoms with Crippen molar-refractivity contribution in [2.24, 2.45) is 0 Å². The Labute approximate surface area is 378 Å². The summed E-state index contributed by atoms with van der Waals surface area (Å²) >= 11 is 0. The van der Waals surface area contributed by atoms with Crippen LogP contribution in [0, 0.1) is 0 Å². The normalized spacial score (nSPS) is 14.4. The molecule has 12 aromatic rings. The summed E-state index contributed by atoms with van der Waals surface area (Å²) < 4.78 is 0. The zero-order valence-electron chi connectivity index (χ0n) is 37.0. The van der Waals surface area contributed by atoms with Crippen molar-refractivity contribution >= 4 is 92.5 Å². The third-order valence-corrected chi connectivity index (χ3v) is 15.5. The van der Waals surface area contributed by atoms with E-state index in [-0.39, 0.29) is 10.8 Å². The number of rotatable bonds is 3. The second kappa shape index (κ2) is 12.9. The summed E-state index contributed by atoms with van der Waals surface area (Å²) in [5.74, 6) is 0. The summed E-state index contributed by atoms with van der Waals surface area (Å²) in [4.78, 5) is 2.49. The van der Waals surface area contributed by atoms with Crippen LogP contribution in [0.1, 0.15) is 49.9 Å². The zero-order valence-corrected chi connectivity index (χ0v) is 37.0. The Kier molecular flexibility index (Phi) is 7.30. The van der Waals surface area contributed by atoms with E-state index < -0.39 is 0 Å². The second-order valence-electron chi connectivity index (χ2n) is 19.7. The van der Waals surface area contributed by atoms with Crippen LogP contribution in [0.25, 0.3) is 97.7 Å². The van der Waals surface area contributed by atoms with Crippen LogP contribution in [-0.2, 0) is 10.8 Å². The van der Waals surface area contributed by atoms with Gasteiger partial charge >= 0.3 is 0 Å². The second-order valence-corrected chi connectivity index (χ2v) is 19.7. The Balaban J connectivity index is 0.981. The van der Waals surface area contributed by atoms with Crippen LogP contribution in [0.2, 0.25) is 0 Å². The first-order valence-corrected chi connectivity index (χ1v) is 23.1. The highest BCUT2D eigenvalue weighted by Gasteiger charge is 2.39. The minimum atomic E-state index is -0.160. The lowest BCUT2D eigenvalue weighted by Gasteiger charge is -2.28. The number of hydrogen-bond acceptors (Lipinski definition) is 1. The zero-order chi connectivity index (χ0) is 43.3. The molecule has 2 aliphatic rings.